The Balaban J connectivity index is 1.26. The molecule has 3 unspecified atom stereocenters. The number of nitrogens with zero attached hydrogens (tertiary/aromatic N) is 3. The fourth-order valence-electron chi connectivity index (χ4n) is 6.84. The number of hydrogen-bond acceptors (Lipinski definition) is 10. The van der Waals surface area contributed by atoms with Gasteiger partial charge >= 0.3 is 5.97 Å². The topological polar surface area (TPSA) is 192 Å². The first kappa shape index (κ1) is 37.1. The summed E-state index contributed by atoms with van der Waals surface area (Å²) in [5.74, 6) is -2.85. The number of nitrogens with one attached hydrogen (secondary N) is 1. The molecule has 274 valence electrons. The first-order valence-corrected chi connectivity index (χ1v) is 17.1. The smallest absolute Gasteiger partial charge is 0.335 e. The van der Waals surface area contributed by atoms with E-state index >= 15 is 0 Å². The Hall–Kier alpha value is -4.70. The fourth-order valence-corrected chi connectivity index (χ4v) is 7.01. The molecule has 3 aromatic carbocycles. The molecule has 3 aliphatic rings. The number of β-amino-alcohol motifs (C(OH)–C–C–N with tert-alkyl or cyclic N) is 1. The summed E-state index contributed by atoms with van der Waals surface area (Å²) in [6.45, 7) is 0.528. The second-order valence-electron chi connectivity index (χ2n) is 12.9. The zero-order valence-electron chi connectivity index (χ0n) is 27.9. The van der Waals surface area contributed by atoms with Gasteiger partial charge < -0.3 is 40.6 Å². The summed E-state index contributed by atoms with van der Waals surface area (Å²) in [4.78, 5) is 48.5. The largest absolute Gasteiger partial charge is 0.478 e. The molecule has 0 radical (unpaired) electrons. The first-order valence-electron chi connectivity index (χ1n) is 16.8. The summed E-state index contributed by atoms with van der Waals surface area (Å²) >= 11 is 5.97. The number of aromatic carboxylic acids is 1. The number of carbonyl (C=O) groups is 3. The Morgan fingerprint density at radius 1 is 0.981 bits per heavy atom. The van der Waals surface area contributed by atoms with Gasteiger partial charge in [0, 0.05) is 43.9 Å². The van der Waals surface area contributed by atoms with Gasteiger partial charge in [0.25, 0.3) is 11.8 Å². The molecule has 3 heterocycles. The molecule has 0 saturated heterocycles. The van der Waals surface area contributed by atoms with E-state index in [9.17, 15) is 39.2 Å². The van der Waals surface area contributed by atoms with E-state index in [4.69, 9.17) is 21.5 Å². The number of oxime groups is 1. The Morgan fingerprint density at radius 3 is 2.40 bits per heavy atom. The highest BCUT2D eigenvalue weighted by Crippen LogP contribution is 2.38. The van der Waals surface area contributed by atoms with Crippen LogP contribution in [0.15, 0.2) is 71.9 Å². The highest BCUT2D eigenvalue weighted by molar-refractivity contribution is 6.31. The lowest BCUT2D eigenvalue weighted by atomic mass is 9.84. The van der Waals surface area contributed by atoms with Gasteiger partial charge in [-0.1, -0.05) is 47.1 Å². The van der Waals surface area contributed by atoms with Gasteiger partial charge in [-0.15, -0.1) is 0 Å². The van der Waals surface area contributed by atoms with Crippen LogP contribution in [0.25, 0.3) is 5.57 Å². The van der Waals surface area contributed by atoms with Crippen LogP contribution >= 0.6 is 11.6 Å². The van der Waals surface area contributed by atoms with Gasteiger partial charge in [0.1, 0.15) is 18.2 Å². The molecular formula is C37H38ClFN4O9. The minimum atomic E-state index is -1.49. The molecule has 0 bridgehead atoms. The van der Waals surface area contributed by atoms with E-state index in [1.165, 1.54) is 41.3 Å². The monoisotopic (exact) mass is 736 g/mol. The van der Waals surface area contributed by atoms with Crippen molar-refractivity contribution >= 4 is 46.4 Å². The summed E-state index contributed by atoms with van der Waals surface area (Å²) < 4.78 is 14.8. The first-order chi connectivity index (χ1) is 25.0. The fraction of sp³-hybridized carbons (Fsp3) is 0.351. The third-order valence-corrected chi connectivity index (χ3v) is 9.91. The summed E-state index contributed by atoms with van der Waals surface area (Å²) in [5, 5.41) is 55.3. The molecule has 6 rings (SSSR count). The maximum absolute atomic E-state index is 14.8. The molecule has 6 N–H and O–H groups in total. The van der Waals surface area contributed by atoms with Crippen molar-refractivity contribution in [1.29, 1.82) is 0 Å². The Labute approximate surface area is 303 Å². The highest BCUT2D eigenvalue weighted by atomic mass is 35.5. The Morgan fingerprint density at radius 2 is 1.71 bits per heavy atom. The number of hydrogen-bond donors (Lipinski definition) is 6. The number of carboxylic acids is 1. The van der Waals surface area contributed by atoms with Crippen LogP contribution < -0.4 is 5.32 Å². The van der Waals surface area contributed by atoms with Crippen molar-refractivity contribution in [2.24, 2.45) is 5.16 Å². The van der Waals surface area contributed by atoms with Crippen LogP contribution in [0.2, 0.25) is 5.02 Å². The number of fused-ring (bicyclic) bond motifs is 1. The van der Waals surface area contributed by atoms with Crippen molar-refractivity contribution in [3.8, 4) is 0 Å². The summed E-state index contributed by atoms with van der Waals surface area (Å²) in [6.07, 6.45) is -2.40. The summed E-state index contributed by atoms with van der Waals surface area (Å²) in [7, 11) is 0. The van der Waals surface area contributed by atoms with Crippen molar-refractivity contribution in [2.45, 2.75) is 49.7 Å². The van der Waals surface area contributed by atoms with Gasteiger partial charge in [-0.25, -0.2) is 9.18 Å². The van der Waals surface area contributed by atoms with Gasteiger partial charge in [0.2, 0.25) is 6.10 Å². The number of halogens is 2. The number of rotatable bonds is 11. The average molecular weight is 737 g/mol. The van der Waals surface area contributed by atoms with Crippen LogP contribution in [0, 0.1) is 5.82 Å². The minimum absolute atomic E-state index is 0.0422. The quantitative estimate of drug-likeness (QED) is 0.171. The van der Waals surface area contributed by atoms with Crippen LogP contribution in [-0.4, -0.2) is 116 Å². The van der Waals surface area contributed by atoms with Crippen LogP contribution in [0.4, 0.5) is 10.1 Å². The Bertz CT molecular complexity index is 1910. The van der Waals surface area contributed by atoms with Crippen LogP contribution in [0.1, 0.15) is 51.5 Å². The van der Waals surface area contributed by atoms with Crippen molar-refractivity contribution in [1.82, 2.24) is 9.80 Å². The zero-order chi connectivity index (χ0) is 37.1. The van der Waals surface area contributed by atoms with Crippen LogP contribution in [-0.2, 0) is 20.8 Å². The van der Waals surface area contributed by atoms with E-state index < -0.39 is 60.7 Å². The summed E-state index contributed by atoms with van der Waals surface area (Å²) in [5.41, 5.74) is 4.08. The highest BCUT2D eigenvalue weighted by Gasteiger charge is 2.42. The Kier molecular flexibility index (Phi) is 11.3. The van der Waals surface area contributed by atoms with E-state index in [0.29, 0.717) is 37.2 Å². The normalized spacial score (nSPS) is 20.5. The molecule has 0 spiro atoms. The number of anilines is 1. The molecule has 0 saturated carbocycles. The maximum atomic E-state index is 14.8. The molecule has 5 atom stereocenters. The number of benzene rings is 3. The standard InChI is InChI=1S/C37H38ClFN4O9/c38-27-6-2-5-26(32(27)39)28-17-31(52-41-28)36(49)43-16-13-24-23(20-11-14-42(15-12-20)18-29(45)34(47)30(46)19-44)3-1-4-25(24)33(43)35(48)40-22-9-7-21(8-10-22)37(50)51/h1-11,29-31,33-34,44-47H,12-19H2,(H,40,48)(H,50,51)/t29?,30?,31-,33+,34?/m1/s1. The minimum Gasteiger partial charge on any atom is -0.478 e. The number of amides is 2. The lowest BCUT2D eigenvalue weighted by molar-refractivity contribution is -0.148. The van der Waals surface area contributed by atoms with Gasteiger partial charge in [0.15, 0.2) is 5.82 Å². The van der Waals surface area contributed by atoms with Crippen LogP contribution in [0.3, 0.4) is 0 Å². The van der Waals surface area contributed by atoms with E-state index in [1.54, 1.807) is 12.1 Å². The van der Waals surface area contributed by atoms with E-state index in [-0.39, 0.29) is 41.4 Å². The van der Waals surface area contributed by atoms with Crippen molar-refractivity contribution in [3.05, 3.63) is 105 Å². The molecular weight excluding hydrogens is 699 g/mol. The lowest BCUT2D eigenvalue weighted by Crippen LogP contribution is -2.49. The molecule has 0 aromatic heterocycles. The number of aliphatic hydroxyl groups excluding tert-OH is 4. The second kappa shape index (κ2) is 15.9. The van der Waals surface area contributed by atoms with E-state index in [0.717, 1.165) is 16.7 Å². The summed E-state index contributed by atoms with van der Waals surface area (Å²) in [6, 6.07) is 14.6. The number of carboxylic acid groups (broad SMARTS) is 1. The molecule has 0 aliphatic carbocycles. The van der Waals surface area contributed by atoms with Crippen molar-refractivity contribution in [3.63, 3.8) is 0 Å². The molecule has 3 aliphatic heterocycles. The van der Waals surface area contributed by atoms with E-state index in [2.05, 4.69) is 10.5 Å². The molecule has 3 aromatic rings. The van der Waals surface area contributed by atoms with Crippen LogP contribution in [0.5, 0.6) is 0 Å². The lowest BCUT2D eigenvalue weighted by Gasteiger charge is -2.38. The van der Waals surface area contributed by atoms with E-state index in [1.807, 2.05) is 23.1 Å². The zero-order valence-corrected chi connectivity index (χ0v) is 28.6. The van der Waals surface area contributed by atoms with Gasteiger partial charge in [-0.05, 0) is 71.5 Å². The second-order valence-corrected chi connectivity index (χ2v) is 13.3. The number of aliphatic hydroxyl groups is 4. The van der Waals surface area contributed by atoms with Crippen molar-refractivity contribution < 1.29 is 49.1 Å². The molecule has 15 heteroatoms. The third kappa shape index (κ3) is 7.72. The van der Waals surface area contributed by atoms with Crippen molar-refractivity contribution in [2.75, 3.05) is 38.1 Å². The molecule has 2 amide bonds. The number of carbonyl (C=O) groups excluding carboxylic acids is 2. The maximum Gasteiger partial charge on any atom is 0.335 e. The molecule has 13 nitrogen and oxygen atoms in total. The average Bonchev–Trinajstić information content (AvgIpc) is 3.65. The van der Waals surface area contributed by atoms with Gasteiger partial charge in [-0.3, -0.25) is 14.5 Å². The third-order valence-electron chi connectivity index (χ3n) is 9.62. The molecule has 0 fully saturated rings. The van der Waals surface area contributed by atoms with Gasteiger partial charge in [0.05, 0.1) is 29.0 Å². The van der Waals surface area contributed by atoms with Gasteiger partial charge in [-0.2, -0.15) is 0 Å². The molecule has 52 heavy (non-hydrogen) atoms. The predicted octanol–water partition coefficient (Wildman–Crippen LogP) is 2.60. The SMILES string of the molecule is O=C(O)c1ccc(NC(=O)[C@@H]2c3cccc(C4=CCN(CC(O)C(O)C(O)CO)CC4)c3CCN2C(=O)[C@H]2CC(c3cccc(Cl)c3F)=NO2)cc1. The predicted molar refractivity (Wildman–Crippen MR) is 188 cm³/mol.